The Hall–Kier alpha value is -3.31. The van der Waals surface area contributed by atoms with Gasteiger partial charge in [0.15, 0.2) is 0 Å². The molecule has 0 radical (unpaired) electrons. The van der Waals surface area contributed by atoms with Crippen molar-refractivity contribution in [2.75, 3.05) is 0 Å². The topological polar surface area (TPSA) is 109 Å². The number of hydrogen-bond acceptors (Lipinski definition) is 4. The first-order valence-electron chi connectivity index (χ1n) is 15.0. The van der Waals surface area contributed by atoms with Gasteiger partial charge in [0.1, 0.15) is 23.0 Å². The normalized spacial score (nSPS) is 11.4. The summed E-state index contributed by atoms with van der Waals surface area (Å²) in [7, 11) is 0. The van der Waals surface area contributed by atoms with Crippen molar-refractivity contribution in [3.8, 4) is 23.0 Å². The molecular formula is C38H48MoN2O4. The number of benzene rings is 4. The average Bonchev–Trinajstić information content (AvgIpc) is 2.94. The van der Waals surface area contributed by atoms with Crippen LogP contribution in [0.5, 0.6) is 23.0 Å². The van der Waals surface area contributed by atoms with Crippen molar-refractivity contribution in [3.05, 3.63) is 128 Å². The molecule has 4 rings (SSSR count). The van der Waals surface area contributed by atoms with Gasteiger partial charge in [-0.2, -0.15) is 0 Å². The van der Waals surface area contributed by atoms with Crippen LogP contribution in [0, 0.1) is 13.8 Å². The molecule has 0 unspecified atom stereocenters. The van der Waals surface area contributed by atoms with E-state index in [1.807, 2.05) is 86.6 Å². The summed E-state index contributed by atoms with van der Waals surface area (Å²) in [6.07, 6.45) is 0. The number of rotatable bonds is 8. The van der Waals surface area contributed by atoms with E-state index in [1.54, 1.807) is 0 Å². The van der Waals surface area contributed by atoms with Crippen molar-refractivity contribution < 1.29 is 41.5 Å². The summed E-state index contributed by atoms with van der Waals surface area (Å²) in [6, 6.07) is 22.9. The number of phenols is 4. The van der Waals surface area contributed by atoms with E-state index in [0.29, 0.717) is 43.4 Å². The molecule has 45 heavy (non-hydrogen) atoms. The van der Waals surface area contributed by atoms with Crippen LogP contribution in [0.4, 0.5) is 0 Å². The van der Waals surface area contributed by atoms with Gasteiger partial charge < -0.3 is 31.1 Å². The zero-order valence-electron chi connectivity index (χ0n) is 27.8. The van der Waals surface area contributed by atoms with Gasteiger partial charge in [-0.25, -0.2) is 0 Å². The third kappa shape index (κ3) is 10.6. The Bertz CT molecular complexity index is 1500. The predicted octanol–water partition coefficient (Wildman–Crippen LogP) is 9.55. The maximum absolute atomic E-state index is 10.5. The fourth-order valence-corrected chi connectivity index (χ4v) is 4.78. The number of para-hydroxylation sites is 3. The number of aryl methyl sites for hydroxylation is 2. The summed E-state index contributed by atoms with van der Waals surface area (Å²) in [4.78, 5) is 0. The van der Waals surface area contributed by atoms with Crippen LogP contribution >= 0.6 is 0 Å². The fraction of sp³-hybridized carbons (Fsp3) is 0.368. The average molecular weight is 693 g/mol. The van der Waals surface area contributed by atoms with Gasteiger partial charge in [-0.3, -0.25) is 0 Å². The van der Waals surface area contributed by atoms with E-state index in [-0.39, 0.29) is 37.6 Å². The van der Waals surface area contributed by atoms with E-state index in [1.165, 1.54) is 0 Å². The minimum Gasteiger partial charge on any atom is -0.654 e. The van der Waals surface area contributed by atoms with Crippen LogP contribution in [0.25, 0.3) is 10.6 Å². The first kappa shape index (κ1) is 37.9. The zero-order valence-corrected chi connectivity index (χ0v) is 29.9. The molecular weight excluding hydrogens is 644 g/mol. The summed E-state index contributed by atoms with van der Waals surface area (Å²) in [5.41, 5.74) is 6.88. The standard InChI is InChI=1S/C22H30NO2.C16H18NO2.Mo/c1-21(2,3)17-11-10-15(19(24)12-17)13-23-14-16-8-7-9-18(20(16)25)22(4,5)6;1-11-5-3-7-13(15(11)18)9-17-10-14-8-4-6-12(2)16(14)19;/h7-12,24-25H,13-14H2,1-6H3;3-8,18-19H,9-10H2,1-2H3;/q2*-1;+2. The van der Waals surface area contributed by atoms with Crippen LogP contribution in [0.3, 0.4) is 0 Å². The molecule has 240 valence electrons. The summed E-state index contributed by atoms with van der Waals surface area (Å²) < 4.78 is 0. The molecule has 7 heteroatoms. The van der Waals surface area contributed by atoms with Gasteiger partial charge in [-0.15, -0.1) is 26.2 Å². The van der Waals surface area contributed by atoms with Gasteiger partial charge in [0, 0.05) is 0 Å². The molecule has 4 aromatic rings. The van der Waals surface area contributed by atoms with Gasteiger partial charge in [-0.05, 0) is 75.3 Å². The first-order chi connectivity index (χ1) is 20.6. The summed E-state index contributed by atoms with van der Waals surface area (Å²) >= 11 is 0. The van der Waals surface area contributed by atoms with E-state index < -0.39 is 0 Å². The number of nitrogens with zero attached hydrogens (tertiary/aromatic N) is 2. The van der Waals surface area contributed by atoms with E-state index in [4.69, 9.17) is 0 Å². The maximum atomic E-state index is 10.5. The maximum Gasteiger partial charge on any atom is 2.00 e. The molecule has 0 amide bonds. The molecule has 0 aliphatic rings. The molecule has 0 spiro atoms. The minimum absolute atomic E-state index is 0. The van der Waals surface area contributed by atoms with Crippen LogP contribution in [-0.4, -0.2) is 20.4 Å². The summed E-state index contributed by atoms with van der Waals surface area (Å²) in [5.74, 6) is 1.22. The van der Waals surface area contributed by atoms with E-state index in [2.05, 4.69) is 52.2 Å². The Morgan fingerprint density at radius 3 is 1.36 bits per heavy atom. The molecule has 0 heterocycles. The molecule has 0 aliphatic carbocycles. The Kier molecular flexibility index (Phi) is 13.7. The van der Waals surface area contributed by atoms with Crippen LogP contribution in [-0.2, 0) is 58.1 Å². The van der Waals surface area contributed by atoms with Gasteiger partial charge in [0.2, 0.25) is 0 Å². The fourth-order valence-electron chi connectivity index (χ4n) is 4.78. The first-order valence-corrected chi connectivity index (χ1v) is 15.0. The number of hydrogen-bond donors (Lipinski definition) is 4. The molecule has 0 bridgehead atoms. The zero-order chi connectivity index (χ0) is 32.7. The SMILES string of the molecule is CC(C)(C)c1ccc(C[N-]Cc2cccc(C(C)(C)C)c2O)c(O)c1.Cc1cccc(C[N-]Cc2cccc(C)c2O)c1O.[Mo+2]. The molecule has 6 nitrogen and oxygen atoms in total. The van der Waals surface area contributed by atoms with Crippen molar-refractivity contribution in [3.63, 3.8) is 0 Å². The minimum atomic E-state index is -0.110. The Morgan fingerprint density at radius 1 is 0.511 bits per heavy atom. The molecule has 0 atom stereocenters. The van der Waals surface area contributed by atoms with Crippen LogP contribution in [0.15, 0.2) is 72.8 Å². The van der Waals surface area contributed by atoms with Gasteiger partial charge >= 0.3 is 21.1 Å². The van der Waals surface area contributed by atoms with Crippen molar-refractivity contribution in [1.29, 1.82) is 0 Å². The van der Waals surface area contributed by atoms with Crippen molar-refractivity contribution in [2.45, 2.75) is 92.4 Å². The van der Waals surface area contributed by atoms with E-state index in [9.17, 15) is 20.4 Å². The molecule has 0 fully saturated rings. The van der Waals surface area contributed by atoms with Crippen LogP contribution < -0.4 is 0 Å². The van der Waals surface area contributed by atoms with Crippen LogP contribution in [0.2, 0.25) is 0 Å². The molecule has 0 saturated heterocycles. The summed E-state index contributed by atoms with van der Waals surface area (Å²) in [6.45, 7) is 18.1. The van der Waals surface area contributed by atoms with Crippen molar-refractivity contribution in [2.24, 2.45) is 0 Å². The largest absolute Gasteiger partial charge is 2.00 e. The smallest absolute Gasteiger partial charge is 0.654 e. The second kappa shape index (κ2) is 16.3. The van der Waals surface area contributed by atoms with Gasteiger partial charge in [0.05, 0.1) is 0 Å². The molecule has 0 saturated carbocycles. The third-order valence-corrected chi connectivity index (χ3v) is 7.65. The van der Waals surface area contributed by atoms with E-state index in [0.717, 1.165) is 44.5 Å². The van der Waals surface area contributed by atoms with Gasteiger partial charge in [-0.1, -0.05) is 108 Å². The Morgan fingerprint density at radius 2 is 0.933 bits per heavy atom. The molecule has 0 aliphatic heterocycles. The van der Waals surface area contributed by atoms with E-state index >= 15 is 0 Å². The van der Waals surface area contributed by atoms with Crippen molar-refractivity contribution in [1.82, 2.24) is 0 Å². The van der Waals surface area contributed by atoms with Gasteiger partial charge in [0.25, 0.3) is 0 Å². The van der Waals surface area contributed by atoms with Crippen molar-refractivity contribution >= 4 is 0 Å². The second-order valence-electron chi connectivity index (χ2n) is 13.4. The molecule has 4 aromatic carbocycles. The summed E-state index contributed by atoms with van der Waals surface area (Å²) in [5, 5.41) is 49.4. The Balaban J connectivity index is 0.000000317. The Labute approximate surface area is 283 Å². The van der Waals surface area contributed by atoms with Crippen LogP contribution in [0.1, 0.15) is 86.1 Å². The quantitative estimate of drug-likeness (QED) is 0.138. The molecule has 4 N–H and O–H groups in total. The molecule has 0 aromatic heterocycles. The second-order valence-corrected chi connectivity index (χ2v) is 13.4. The number of phenolic OH excluding ortho intramolecular Hbond substituents is 4. The number of aromatic hydroxyl groups is 4. The monoisotopic (exact) mass is 694 g/mol. The third-order valence-electron chi connectivity index (χ3n) is 7.65. The predicted molar refractivity (Wildman–Crippen MR) is 181 cm³/mol.